The van der Waals surface area contributed by atoms with Crippen LogP contribution in [0.4, 0.5) is 10.3 Å². The summed E-state index contributed by atoms with van der Waals surface area (Å²) in [5.74, 6) is -1.04. The molecule has 1 amide bonds. The van der Waals surface area contributed by atoms with Crippen molar-refractivity contribution in [3.8, 4) is 5.75 Å². The molecule has 2 aromatic carbocycles. The molecule has 1 atom stereocenters. The average Bonchev–Trinajstić information content (AvgIpc) is 3.10. The Morgan fingerprint density at radius 2 is 2.03 bits per heavy atom. The quantitative estimate of drug-likeness (QED) is 0.509. The summed E-state index contributed by atoms with van der Waals surface area (Å²) in [6, 6.07) is 12.5. The number of fused-ring (bicyclic) bond motifs is 1. The number of halogens is 2. The van der Waals surface area contributed by atoms with Gasteiger partial charge in [0.15, 0.2) is 5.65 Å². The Labute approximate surface area is 174 Å². The van der Waals surface area contributed by atoms with Gasteiger partial charge in [-0.2, -0.15) is 10.1 Å². The Hall–Kier alpha value is -3.72. The first-order valence-corrected chi connectivity index (χ1v) is 9.19. The van der Waals surface area contributed by atoms with Crippen LogP contribution in [-0.4, -0.2) is 25.7 Å². The van der Waals surface area contributed by atoms with Crippen LogP contribution in [-0.2, 0) is 11.8 Å². The van der Waals surface area contributed by atoms with Crippen LogP contribution in [0.1, 0.15) is 11.7 Å². The van der Waals surface area contributed by atoms with Crippen molar-refractivity contribution < 1.29 is 13.9 Å². The fourth-order valence-electron chi connectivity index (χ4n) is 2.86. The number of benzene rings is 2. The molecule has 0 radical (unpaired) electrons. The van der Waals surface area contributed by atoms with Crippen LogP contribution in [0, 0.1) is 5.82 Å². The molecule has 0 aliphatic carbocycles. The van der Waals surface area contributed by atoms with E-state index < -0.39 is 23.4 Å². The lowest BCUT2D eigenvalue weighted by atomic mass is 10.1. The zero-order valence-corrected chi connectivity index (χ0v) is 16.4. The predicted octanol–water partition coefficient (Wildman–Crippen LogP) is 3.21. The van der Waals surface area contributed by atoms with Crippen molar-refractivity contribution in [2.45, 2.75) is 6.10 Å². The Morgan fingerprint density at radius 1 is 1.27 bits per heavy atom. The Kier molecular flexibility index (Phi) is 5.20. The van der Waals surface area contributed by atoms with Gasteiger partial charge >= 0.3 is 0 Å². The second kappa shape index (κ2) is 7.96. The lowest BCUT2D eigenvalue weighted by Gasteiger charge is -2.19. The molecule has 0 fully saturated rings. The minimum atomic E-state index is -1.11. The van der Waals surface area contributed by atoms with Gasteiger partial charge in [-0.15, -0.1) is 0 Å². The maximum absolute atomic E-state index is 13.5. The van der Waals surface area contributed by atoms with Crippen LogP contribution in [0.5, 0.6) is 5.75 Å². The van der Waals surface area contributed by atoms with E-state index in [2.05, 4.69) is 20.4 Å². The number of ether oxygens (including phenoxy) is 1. The number of aryl methyl sites for hydroxylation is 1. The second-order valence-electron chi connectivity index (χ2n) is 6.39. The highest BCUT2D eigenvalue weighted by Gasteiger charge is 2.24. The van der Waals surface area contributed by atoms with Gasteiger partial charge < -0.3 is 4.74 Å². The molecule has 8 nitrogen and oxygen atoms in total. The molecule has 2 N–H and O–H groups in total. The van der Waals surface area contributed by atoms with E-state index in [1.165, 1.54) is 23.0 Å². The number of nitrogens with one attached hydrogen (secondary N) is 2. The van der Waals surface area contributed by atoms with Crippen molar-refractivity contribution in [2.75, 3.05) is 5.32 Å². The topological polar surface area (TPSA) is 102 Å². The first kappa shape index (κ1) is 19.6. The fraction of sp³-hybridized carbons (Fsp3) is 0.100. The van der Waals surface area contributed by atoms with Crippen molar-refractivity contribution in [3.05, 3.63) is 81.5 Å². The summed E-state index contributed by atoms with van der Waals surface area (Å²) >= 11 is 5.82. The SMILES string of the molecule is Cn1ncc2c(=O)[nH]c(NC(=O)C(Oc3ccc(F)c(Cl)c3)c3ccccc3)nc21. The van der Waals surface area contributed by atoms with E-state index in [-0.39, 0.29) is 16.7 Å². The first-order chi connectivity index (χ1) is 14.4. The van der Waals surface area contributed by atoms with Gasteiger partial charge in [-0.1, -0.05) is 41.9 Å². The molecule has 30 heavy (non-hydrogen) atoms. The first-order valence-electron chi connectivity index (χ1n) is 8.82. The van der Waals surface area contributed by atoms with E-state index in [1.54, 1.807) is 37.4 Å². The van der Waals surface area contributed by atoms with E-state index >= 15 is 0 Å². The van der Waals surface area contributed by atoms with Crippen LogP contribution in [0.3, 0.4) is 0 Å². The normalized spacial score (nSPS) is 12.0. The number of amides is 1. The van der Waals surface area contributed by atoms with E-state index in [1.807, 2.05) is 0 Å². The Morgan fingerprint density at radius 3 is 2.77 bits per heavy atom. The van der Waals surface area contributed by atoms with Gasteiger partial charge in [-0.05, 0) is 12.1 Å². The molecule has 4 aromatic rings. The minimum Gasteiger partial charge on any atom is -0.476 e. The molecule has 4 rings (SSSR count). The Balaban J connectivity index is 1.66. The highest BCUT2D eigenvalue weighted by molar-refractivity contribution is 6.30. The minimum absolute atomic E-state index is 0.0530. The zero-order valence-electron chi connectivity index (χ0n) is 15.6. The number of aromatic amines is 1. The van der Waals surface area contributed by atoms with Crippen molar-refractivity contribution in [1.29, 1.82) is 0 Å². The highest BCUT2D eigenvalue weighted by Crippen LogP contribution is 2.27. The predicted molar refractivity (Wildman–Crippen MR) is 109 cm³/mol. The van der Waals surface area contributed by atoms with Gasteiger partial charge in [0.05, 0.1) is 11.2 Å². The number of nitrogens with zero attached hydrogens (tertiary/aromatic N) is 3. The summed E-state index contributed by atoms with van der Waals surface area (Å²) in [6.45, 7) is 0. The van der Waals surface area contributed by atoms with Crippen molar-refractivity contribution in [1.82, 2.24) is 19.7 Å². The third kappa shape index (κ3) is 3.87. The van der Waals surface area contributed by atoms with Gasteiger partial charge in [0.1, 0.15) is 17.0 Å². The maximum atomic E-state index is 13.5. The van der Waals surface area contributed by atoms with Gasteiger partial charge in [0.25, 0.3) is 11.5 Å². The molecule has 0 saturated heterocycles. The summed E-state index contributed by atoms with van der Waals surface area (Å²) < 4.78 is 20.7. The van der Waals surface area contributed by atoms with E-state index in [0.717, 1.165) is 6.07 Å². The molecule has 1 unspecified atom stereocenters. The summed E-state index contributed by atoms with van der Waals surface area (Å²) in [5, 5.41) is 6.71. The maximum Gasteiger partial charge on any atom is 0.272 e. The van der Waals surface area contributed by atoms with Gasteiger partial charge in [0, 0.05) is 18.7 Å². The molecular formula is C20H15ClFN5O3. The summed E-state index contributed by atoms with van der Waals surface area (Å²) in [7, 11) is 1.63. The number of H-pyrrole nitrogens is 1. The number of rotatable bonds is 5. The molecule has 152 valence electrons. The molecule has 10 heteroatoms. The van der Waals surface area contributed by atoms with Crippen LogP contribution in [0.2, 0.25) is 5.02 Å². The van der Waals surface area contributed by atoms with Crippen molar-refractivity contribution in [2.24, 2.45) is 7.05 Å². The number of carbonyl (C=O) groups excluding carboxylic acids is 1. The smallest absolute Gasteiger partial charge is 0.272 e. The molecule has 0 bridgehead atoms. The highest BCUT2D eigenvalue weighted by atomic mass is 35.5. The third-order valence-electron chi connectivity index (χ3n) is 4.33. The van der Waals surface area contributed by atoms with Crippen molar-refractivity contribution >= 4 is 34.5 Å². The third-order valence-corrected chi connectivity index (χ3v) is 4.62. The van der Waals surface area contributed by atoms with Crippen molar-refractivity contribution in [3.63, 3.8) is 0 Å². The standard InChI is InChI=1S/C20H15ClFN5O3/c1-27-17-13(10-23-27)18(28)25-20(24-17)26-19(29)16(11-5-3-2-4-6-11)30-12-7-8-15(22)14(21)9-12/h2-10,16H,1H3,(H2,24,25,26,28,29). The van der Waals surface area contributed by atoms with Crippen LogP contribution >= 0.6 is 11.6 Å². The number of anilines is 1. The van der Waals surface area contributed by atoms with Crippen LogP contribution < -0.4 is 15.6 Å². The van der Waals surface area contributed by atoms with Gasteiger partial charge in [-0.3, -0.25) is 24.6 Å². The summed E-state index contributed by atoms with van der Waals surface area (Å²) in [5.41, 5.74) is 0.418. The summed E-state index contributed by atoms with van der Waals surface area (Å²) in [4.78, 5) is 32.0. The average molecular weight is 428 g/mol. The lowest BCUT2D eigenvalue weighted by molar-refractivity contribution is -0.123. The van der Waals surface area contributed by atoms with E-state index in [4.69, 9.17) is 16.3 Å². The molecule has 0 aliphatic heterocycles. The monoisotopic (exact) mass is 427 g/mol. The largest absolute Gasteiger partial charge is 0.476 e. The molecule has 2 heterocycles. The second-order valence-corrected chi connectivity index (χ2v) is 6.80. The lowest BCUT2D eigenvalue weighted by Crippen LogP contribution is -2.27. The number of hydrogen-bond acceptors (Lipinski definition) is 5. The summed E-state index contributed by atoms with van der Waals surface area (Å²) in [6.07, 6.45) is 0.279. The van der Waals surface area contributed by atoms with Gasteiger partial charge in [0.2, 0.25) is 12.1 Å². The Bertz CT molecular complexity index is 1290. The van der Waals surface area contributed by atoms with Crippen LogP contribution in [0.15, 0.2) is 59.5 Å². The zero-order chi connectivity index (χ0) is 21.3. The van der Waals surface area contributed by atoms with E-state index in [0.29, 0.717) is 16.6 Å². The molecule has 0 spiro atoms. The number of carbonyl (C=O) groups is 1. The fourth-order valence-corrected chi connectivity index (χ4v) is 3.03. The van der Waals surface area contributed by atoms with E-state index in [9.17, 15) is 14.0 Å². The molecule has 0 aliphatic rings. The van der Waals surface area contributed by atoms with Gasteiger partial charge in [-0.25, -0.2) is 4.39 Å². The van der Waals surface area contributed by atoms with Crippen LogP contribution in [0.25, 0.3) is 11.0 Å². The molecule has 0 saturated carbocycles. The number of aromatic nitrogens is 4. The number of hydrogen-bond donors (Lipinski definition) is 2. The molecular weight excluding hydrogens is 413 g/mol. The molecule has 2 aromatic heterocycles.